The van der Waals surface area contributed by atoms with Crippen LogP contribution in [-0.2, 0) is 9.59 Å². The Bertz CT molecular complexity index is 518. The van der Waals surface area contributed by atoms with Crippen molar-refractivity contribution in [3.63, 3.8) is 0 Å². The molecule has 0 saturated carbocycles. The first kappa shape index (κ1) is 16.0. The predicted molar refractivity (Wildman–Crippen MR) is 78.6 cm³/mol. The first-order chi connectivity index (χ1) is 9.16. The zero-order valence-corrected chi connectivity index (χ0v) is 12.7. The number of carbonyl (C=O) groups is 2. The standard InChI is InChI=1S/C15H22N2O3/c1-6-17(15(3,4)5)14(20)13(19)16-12-8-7-11(18)9-10(12)2/h7-9,18H,6H2,1-5H3,(H,16,19). The smallest absolute Gasteiger partial charge is 0.313 e. The molecule has 1 aromatic carbocycles. The molecule has 0 aliphatic rings. The zero-order chi connectivity index (χ0) is 15.5. The number of phenolic OH excluding ortho intramolecular Hbond substituents is 1. The SMILES string of the molecule is CCN(C(=O)C(=O)Nc1ccc(O)cc1C)C(C)(C)C. The van der Waals surface area contributed by atoms with Crippen molar-refractivity contribution in [2.75, 3.05) is 11.9 Å². The summed E-state index contributed by atoms with van der Waals surface area (Å²) in [6, 6.07) is 4.57. The van der Waals surface area contributed by atoms with E-state index in [-0.39, 0.29) is 5.75 Å². The van der Waals surface area contributed by atoms with Gasteiger partial charge in [-0.2, -0.15) is 0 Å². The van der Waals surface area contributed by atoms with Crippen LogP contribution in [-0.4, -0.2) is 33.9 Å². The number of nitrogens with zero attached hydrogens (tertiary/aromatic N) is 1. The van der Waals surface area contributed by atoms with Gasteiger partial charge in [-0.3, -0.25) is 9.59 Å². The van der Waals surface area contributed by atoms with Crippen molar-refractivity contribution in [3.8, 4) is 5.75 Å². The van der Waals surface area contributed by atoms with Gasteiger partial charge < -0.3 is 15.3 Å². The van der Waals surface area contributed by atoms with Gasteiger partial charge in [-0.15, -0.1) is 0 Å². The van der Waals surface area contributed by atoms with Gasteiger partial charge >= 0.3 is 11.8 Å². The van der Waals surface area contributed by atoms with Crippen LogP contribution >= 0.6 is 0 Å². The van der Waals surface area contributed by atoms with Crippen LogP contribution in [0, 0.1) is 6.92 Å². The number of rotatable bonds is 2. The maximum Gasteiger partial charge on any atom is 0.313 e. The quantitative estimate of drug-likeness (QED) is 0.644. The summed E-state index contributed by atoms with van der Waals surface area (Å²) in [7, 11) is 0. The number of phenols is 1. The first-order valence-electron chi connectivity index (χ1n) is 6.59. The third-order valence-corrected chi connectivity index (χ3v) is 3.02. The van der Waals surface area contributed by atoms with E-state index in [1.165, 1.54) is 17.0 Å². The molecule has 0 spiro atoms. The highest BCUT2D eigenvalue weighted by Gasteiger charge is 2.29. The van der Waals surface area contributed by atoms with E-state index in [1.807, 2.05) is 27.7 Å². The highest BCUT2D eigenvalue weighted by Crippen LogP contribution is 2.20. The number of aryl methyl sites for hydroxylation is 1. The lowest BCUT2D eigenvalue weighted by Gasteiger charge is -2.34. The third-order valence-electron chi connectivity index (χ3n) is 3.02. The van der Waals surface area contributed by atoms with Crippen molar-refractivity contribution in [2.45, 2.75) is 40.2 Å². The molecule has 5 heteroatoms. The van der Waals surface area contributed by atoms with E-state index in [1.54, 1.807) is 13.0 Å². The molecule has 0 fully saturated rings. The molecule has 0 saturated heterocycles. The molecule has 2 amide bonds. The van der Waals surface area contributed by atoms with Crippen molar-refractivity contribution in [2.24, 2.45) is 0 Å². The Balaban J connectivity index is 2.88. The number of hydrogen-bond acceptors (Lipinski definition) is 3. The summed E-state index contributed by atoms with van der Waals surface area (Å²) in [5.41, 5.74) is 0.809. The molecule has 0 aliphatic carbocycles. The fraction of sp³-hybridized carbons (Fsp3) is 0.467. The molecule has 5 nitrogen and oxygen atoms in total. The molecular weight excluding hydrogens is 256 g/mol. The normalized spacial score (nSPS) is 11.1. The van der Waals surface area contributed by atoms with Gasteiger partial charge in [0.2, 0.25) is 0 Å². The number of hydrogen-bond donors (Lipinski definition) is 2. The minimum atomic E-state index is -0.671. The molecule has 0 aliphatic heterocycles. The fourth-order valence-corrected chi connectivity index (χ4v) is 2.01. The predicted octanol–water partition coefficient (Wildman–Crippen LogP) is 2.29. The second-order valence-electron chi connectivity index (χ2n) is 5.67. The van der Waals surface area contributed by atoms with Crippen molar-refractivity contribution in [1.82, 2.24) is 4.90 Å². The fourth-order valence-electron chi connectivity index (χ4n) is 2.01. The van der Waals surface area contributed by atoms with Crippen molar-refractivity contribution in [1.29, 1.82) is 0 Å². The third kappa shape index (κ3) is 3.73. The van der Waals surface area contributed by atoms with Crippen LogP contribution in [0.3, 0.4) is 0 Å². The molecular formula is C15H22N2O3. The highest BCUT2D eigenvalue weighted by molar-refractivity contribution is 6.39. The number of likely N-dealkylation sites (N-methyl/N-ethyl adjacent to an activating group) is 1. The number of nitrogens with one attached hydrogen (secondary N) is 1. The summed E-state index contributed by atoms with van der Waals surface area (Å²) in [6.07, 6.45) is 0. The minimum Gasteiger partial charge on any atom is -0.508 e. The van der Waals surface area contributed by atoms with Crippen molar-refractivity contribution in [3.05, 3.63) is 23.8 Å². The Hall–Kier alpha value is -2.04. The van der Waals surface area contributed by atoms with Gasteiger partial charge in [0.25, 0.3) is 0 Å². The second-order valence-corrected chi connectivity index (χ2v) is 5.67. The molecule has 0 bridgehead atoms. The number of aromatic hydroxyl groups is 1. The van der Waals surface area contributed by atoms with E-state index >= 15 is 0 Å². The average Bonchev–Trinajstić information content (AvgIpc) is 2.31. The molecule has 0 unspecified atom stereocenters. The van der Waals surface area contributed by atoms with Gasteiger partial charge in [-0.1, -0.05) is 0 Å². The van der Waals surface area contributed by atoms with Crippen LogP contribution in [0.4, 0.5) is 5.69 Å². The lowest BCUT2D eigenvalue weighted by Crippen LogP contribution is -2.49. The molecule has 0 radical (unpaired) electrons. The topological polar surface area (TPSA) is 69.6 Å². The largest absolute Gasteiger partial charge is 0.508 e. The molecule has 2 N–H and O–H groups in total. The van der Waals surface area contributed by atoms with Gasteiger partial charge in [0.1, 0.15) is 5.75 Å². The number of anilines is 1. The molecule has 20 heavy (non-hydrogen) atoms. The van der Waals surface area contributed by atoms with Crippen LogP contribution in [0.25, 0.3) is 0 Å². The van der Waals surface area contributed by atoms with Crippen LogP contribution in [0.15, 0.2) is 18.2 Å². The summed E-state index contributed by atoms with van der Waals surface area (Å²) in [6.45, 7) is 9.70. The Labute approximate surface area is 119 Å². The highest BCUT2D eigenvalue weighted by atomic mass is 16.3. The first-order valence-corrected chi connectivity index (χ1v) is 6.59. The van der Waals surface area contributed by atoms with E-state index in [4.69, 9.17) is 0 Å². The summed E-state index contributed by atoms with van der Waals surface area (Å²) in [5.74, 6) is -1.11. The lowest BCUT2D eigenvalue weighted by molar-refractivity contribution is -0.146. The molecule has 0 heterocycles. The number of benzene rings is 1. The zero-order valence-electron chi connectivity index (χ0n) is 12.7. The maximum atomic E-state index is 12.2. The van der Waals surface area contributed by atoms with Gasteiger partial charge in [-0.25, -0.2) is 0 Å². The van der Waals surface area contributed by atoms with Crippen molar-refractivity contribution >= 4 is 17.5 Å². The van der Waals surface area contributed by atoms with E-state index in [9.17, 15) is 14.7 Å². The van der Waals surface area contributed by atoms with Gasteiger partial charge in [0.05, 0.1) is 0 Å². The van der Waals surface area contributed by atoms with Gasteiger partial charge in [-0.05, 0) is 58.4 Å². The number of carbonyl (C=O) groups excluding carboxylic acids is 2. The Morgan fingerprint density at radius 1 is 1.30 bits per heavy atom. The molecule has 0 aromatic heterocycles. The van der Waals surface area contributed by atoms with Crippen LogP contribution in [0.1, 0.15) is 33.3 Å². The van der Waals surface area contributed by atoms with Crippen molar-refractivity contribution < 1.29 is 14.7 Å². The van der Waals surface area contributed by atoms with Crippen LogP contribution < -0.4 is 5.32 Å². The van der Waals surface area contributed by atoms with Gasteiger partial charge in [0, 0.05) is 17.8 Å². The van der Waals surface area contributed by atoms with E-state index < -0.39 is 17.4 Å². The summed E-state index contributed by atoms with van der Waals surface area (Å²) in [4.78, 5) is 25.7. The molecule has 110 valence electrons. The Morgan fingerprint density at radius 3 is 2.35 bits per heavy atom. The van der Waals surface area contributed by atoms with Crippen LogP contribution in [0.5, 0.6) is 5.75 Å². The van der Waals surface area contributed by atoms with E-state index in [0.717, 1.165) is 0 Å². The van der Waals surface area contributed by atoms with Gasteiger partial charge in [0.15, 0.2) is 0 Å². The summed E-state index contributed by atoms with van der Waals surface area (Å²) in [5, 5.41) is 11.9. The summed E-state index contributed by atoms with van der Waals surface area (Å²) >= 11 is 0. The second kappa shape index (κ2) is 5.94. The average molecular weight is 278 g/mol. The molecule has 0 atom stereocenters. The van der Waals surface area contributed by atoms with E-state index in [2.05, 4.69) is 5.32 Å². The lowest BCUT2D eigenvalue weighted by atomic mass is 10.1. The monoisotopic (exact) mass is 278 g/mol. The summed E-state index contributed by atoms with van der Waals surface area (Å²) < 4.78 is 0. The molecule has 1 rings (SSSR count). The Kier molecular flexibility index (Phi) is 4.76. The molecule has 1 aromatic rings. The minimum absolute atomic E-state index is 0.122. The maximum absolute atomic E-state index is 12.2. The number of amides is 2. The van der Waals surface area contributed by atoms with E-state index in [0.29, 0.717) is 17.8 Å². The van der Waals surface area contributed by atoms with Crippen LogP contribution in [0.2, 0.25) is 0 Å². The Morgan fingerprint density at radius 2 is 1.90 bits per heavy atom.